The van der Waals surface area contributed by atoms with E-state index < -0.39 is 0 Å². The first kappa shape index (κ1) is 14.3. The van der Waals surface area contributed by atoms with Crippen LogP contribution in [-0.2, 0) is 9.47 Å². The standard InChI is InChI=1S/C14H27NO3/c1-2-5-15-6-9-18-14(11-15)13(16)10-12-3-7-17-8-4-12/h12-14,16H,2-11H2,1H3. The second kappa shape index (κ2) is 7.43. The highest BCUT2D eigenvalue weighted by Gasteiger charge is 2.28. The van der Waals surface area contributed by atoms with Crippen molar-refractivity contribution < 1.29 is 14.6 Å². The van der Waals surface area contributed by atoms with Gasteiger partial charge in [-0.25, -0.2) is 0 Å². The topological polar surface area (TPSA) is 41.9 Å². The average Bonchev–Trinajstić information content (AvgIpc) is 2.40. The van der Waals surface area contributed by atoms with Crippen molar-refractivity contribution in [3.05, 3.63) is 0 Å². The van der Waals surface area contributed by atoms with Crippen LogP contribution in [0.2, 0.25) is 0 Å². The van der Waals surface area contributed by atoms with Crippen LogP contribution in [0.5, 0.6) is 0 Å². The lowest BCUT2D eigenvalue weighted by Gasteiger charge is -2.36. The number of hydrogen-bond donors (Lipinski definition) is 1. The van der Waals surface area contributed by atoms with E-state index in [2.05, 4.69) is 11.8 Å². The van der Waals surface area contributed by atoms with Gasteiger partial charge in [-0.05, 0) is 38.1 Å². The van der Waals surface area contributed by atoms with E-state index in [1.807, 2.05) is 0 Å². The van der Waals surface area contributed by atoms with Crippen molar-refractivity contribution in [2.75, 3.05) is 39.5 Å². The summed E-state index contributed by atoms with van der Waals surface area (Å²) in [4.78, 5) is 2.40. The average molecular weight is 257 g/mol. The SMILES string of the molecule is CCCN1CCOC(C(O)CC2CCOCC2)C1. The van der Waals surface area contributed by atoms with Crippen molar-refractivity contribution in [1.82, 2.24) is 4.90 Å². The third kappa shape index (κ3) is 4.19. The molecule has 2 saturated heterocycles. The Morgan fingerprint density at radius 2 is 2.06 bits per heavy atom. The van der Waals surface area contributed by atoms with E-state index in [0.717, 1.165) is 58.7 Å². The lowest BCUT2D eigenvalue weighted by molar-refractivity contribution is -0.0972. The van der Waals surface area contributed by atoms with Crippen LogP contribution in [-0.4, -0.2) is 61.7 Å². The van der Waals surface area contributed by atoms with Crippen molar-refractivity contribution >= 4 is 0 Å². The fraction of sp³-hybridized carbons (Fsp3) is 1.00. The molecule has 2 heterocycles. The number of aliphatic hydroxyl groups is 1. The second-order valence-corrected chi connectivity index (χ2v) is 5.57. The summed E-state index contributed by atoms with van der Waals surface area (Å²) >= 11 is 0. The lowest BCUT2D eigenvalue weighted by Crippen LogP contribution is -2.48. The van der Waals surface area contributed by atoms with E-state index in [1.165, 1.54) is 6.42 Å². The van der Waals surface area contributed by atoms with Gasteiger partial charge in [0, 0.05) is 26.3 Å². The van der Waals surface area contributed by atoms with Gasteiger partial charge in [0.2, 0.25) is 0 Å². The molecule has 18 heavy (non-hydrogen) atoms. The van der Waals surface area contributed by atoms with Gasteiger partial charge in [0.25, 0.3) is 0 Å². The summed E-state index contributed by atoms with van der Waals surface area (Å²) in [6.07, 6.45) is 3.91. The summed E-state index contributed by atoms with van der Waals surface area (Å²) in [6, 6.07) is 0. The molecule has 2 unspecified atom stereocenters. The zero-order chi connectivity index (χ0) is 12.8. The van der Waals surface area contributed by atoms with Crippen LogP contribution in [0.15, 0.2) is 0 Å². The van der Waals surface area contributed by atoms with Crippen LogP contribution in [0.1, 0.15) is 32.6 Å². The van der Waals surface area contributed by atoms with Gasteiger partial charge in [-0.15, -0.1) is 0 Å². The number of ether oxygens (including phenoxy) is 2. The van der Waals surface area contributed by atoms with Crippen LogP contribution in [0.3, 0.4) is 0 Å². The van der Waals surface area contributed by atoms with Crippen molar-refractivity contribution in [1.29, 1.82) is 0 Å². The Morgan fingerprint density at radius 1 is 1.28 bits per heavy atom. The summed E-state index contributed by atoms with van der Waals surface area (Å²) in [5, 5.41) is 10.3. The van der Waals surface area contributed by atoms with E-state index in [0.29, 0.717) is 5.92 Å². The largest absolute Gasteiger partial charge is 0.390 e. The van der Waals surface area contributed by atoms with E-state index in [9.17, 15) is 5.11 Å². The van der Waals surface area contributed by atoms with Crippen LogP contribution in [0.25, 0.3) is 0 Å². The predicted molar refractivity (Wildman–Crippen MR) is 70.6 cm³/mol. The van der Waals surface area contributed by atoms with Crippen molar-refractivity contribution in [3.8, 4) is 0 Å². The molecule has 0 bridgehead atoms. The number of rotatable bonds is 5. The third-order valence-electron chi connectivity index (χ3n) is 4.06. The Bertz CT molecular complexity index is 229. The summed E-state index contributed by atoms with van der Waals surface area (Å²) < 4.78 is 11.1. The summed E-state index contributed by atoms with van der Waals surface area (Å²) in [5.74, 6) is 0.610. The first-order valence-corrected chi connectivity index (χ1v) is 7.39. The highest BCUT2D eigenvalue weighted by atomic mass is 16.5. The van der Waals surface area contributed by atoms with Gasteiger partial charge in [-0.2, -0.15) is 0 Å². The van der Waals surface area contributed by atoms with E-state index in [-0.39, 0.29) is 12.2 Å². The van der Waals surface area contributed by atoms with Gasteiger partial charge >= 0.3 is 0 Å². The van der Waals surface area contributed by atoms with E-state index in [1.54, 1.807) is 0 Å². The maximum atomic E-state index is 10.3. The molecule has 0 radical (unpaired) electrons. The maximum Gasteiger partial charge on any atom is 0.0961 e. The van der Waals surface area contributed by atoms with Crippen LogP contribution in [0.4, 0.5) is 0 Å². The Labute approximate surface area is 110 Å². The zero-order valence-corrected chi connectivity index (χ0v) is 11.5. The molecule has 0 aromatic heterocycles. The van der Waals surface area contributed by atoms with Crippen molar-refractivity contribution in [2.24, 2.45) is 5.92 Å². The Hall–Kier alpha value is -0.160. The minimum atomic E-state index is -0.312. The first-order valence-electron chi connectivity index (χ1n) is 7.39. The van der Waals surface area contributed by atoms with Crippen molar-refractivity contribution in [3.63, 3.8) is 0 Å². The normalized spacial score (nSPS) is 29.3. The molecule has 2 aliphatic heterocycles. The minimum Gasteiger partial charge on any atom is -0.390 e. The molecule has 2 fully saturated rings. The summed E-state index contributed by atoms with van der Waals surface area (Å²) in [6.45, 7) is 7.67. The Morgan fingerprint density at radius 3 is 2.78 bits per heavy atom. The molecule has 0 aromatic rings. The van der Waals surface area contributed by atoms with Crippen LogP contribution in [0, 0.1) is 5.92 Å². The fourth-order valence-corrected chi connectivity index (χ4v) is 2.96. The zero-order valence-electron chi connectivity index (χ0n) is 11.5. The van der Waals surface area contributed by atoms with Gasteiger partial charge in [0.15, 0.2) is 0 Å². The lowest BCUT2D eigenvalue weighted by atomic mass is 9.91. The number of nitrogens with zero attached hydrogens (tertiary/aromatic N) is 1. The highest BCUT2D eigenvalue weighted by molar-refractivity contribution is 4.80. The number of hydrogen-bond acceptors (Lipinski definition) is 4. The first-order chi connectivity index (χ1) is 8.79. The summed E-state index contributed by atoms with van der Waals surface area (Å²) in [7, 11) is 0. The molecule has 106 valence electrons. The molecular formula is C14H27NO3. The van der Waals surface area contributed by atoms with Crippen molar-refractivity contribution in [2.45, 2.75) is 44.8 Å². The monoisotopic (exact) mass is 257 g/mol. The van der Waals surface area contributed by atoms with E-state index >= 15 is 0 Å². The summed E-state index contributed by atoms with van der Waals surface area (Å²) in [5.41, 5.74) is 0. The minimum absolute atomic E-state index is 0.00754. The van der Waals surface area contributed by atoms with Gasteiger partial charge in [-0.1, -0.05) is 6.92 Å². The smallest absolute Gasteiger partial charge is 0.0961 e. The molecule has 2 aliphatic rings. The molecule has 4 heteroatoms. The molecule has 0 spiro atoms. The second-order valence-electron chi connectivity index (χ2n) is 5.57. The molecule has 1 N–H and O–H groups in total. The van der Waals surface area contributed by atoms with Gasteiger partial charge in [0.1, 0.15) is 0 Å². The molecule has 0 saturated carbocycles. The molecule has 2 rings (SSSR count). The predicted octanol–water partition coefficient (Wildman–Crippen LogP) is 1.27. The molecule has 2 atom stereocenters. The highest BCUT2D eigenvalue weighted by Crippen LogP contribution is 2.23. The van der Waals surface area contributed by atoms with Crippen LogP contribution >= 0.6 is 0 Å². The third-order valence-corrected chi connectivity index (χ3v) is 4.06. The molecule has 0 amide bonds. The number of aliphatic hydroxyl groups excluding tert-OH is 1. The maximum absolute atomic E-state index is 10.3. The quantitative estimate of drug-likeness (QED) is 0.805. The molecule has 4 nitrogen and oxygen atoms in total. The fourth-order valence-electron chi connectivity index (χ4n) is 2.96. The molecular weight excluding hydrogens is 230 g/mol. The van der Waals surface area contributed by atoms with Crippen LogP contribution < -0.4 is 0 Å². The molecule has 0 aromatic carbocycles. The van der Waals surface area contributed by atoms with Gasteiger partial charge < -0.3 is 14.6 Å². The Kier molecular flexibility index (Phi) is 5.89. The van der Waals surface area contributed by atoms with Gasteiger partial charge in [0.05, 0.1) is 18.8 Å². The van der Waals surface area contributed by atoms with Gasteiger partial charge in [-0.3, -0.25) is 4.90 Å². The number of morpholine rings is 1. The van der Waals surface area contributed by atoms with E-state index in [4.69, 9.17) is 9.47 Å². The Balaban J connectivity index is 1.74. The molecule has 0 aliphatic carbocycles.